The van der Waals surface area contributed by atoms with E-state index in [9.17, 15) is 0 Å². The first-order chi connectivity index (χ1) is 5.46. The monoisotopic (exact) mass is 168 g/mol. The Kier molecular flexibility index (Phi) is 2.67. The van der Waals surface area contributed by atoms with Gasteiger partial charge in [-0.05, 0) is 24.3 Å². The summed E-state index contributed by atoms with van der Waals surface area (Å²) in [4.78, 5) is 0.721. The minimum absolute atomic E-state index is 0.433. The van der Waals surface area contributed by atoms with Crippen LogP contribution in [-0.4, -0.2) is 23.5 Å². The lowest BCUT2D eigenvalue weighted by Gasteiger charge is -2.16. The Morgan fingerprint density at radius 1 is 0.833 bits per heavy atom. The Morgan fingerprint density at radius 2 is 1.33 bits per heavy atom. The van der Waals surface area contributed by atoms with Crippen LogP contribution in [0.3, 0.4) is 0 Å². The Bertz CT molecular complexity index is 229. The zero-order valence-electron chi connectivity index (χ0n) is 7.18. The summed E-state index contributed by atoms with van der Waals surface area (Å²) in [5, 5.41) is 0. The molecule has 1 aromatic carbocycles. The SMILES string of the molecule is [B]c1c([B])c(C)c(C)c(S)c1[B]. The van der Waals surface area contributed by atoms with Crippen LogP contribution in [0, 0.1) is 13.8 Å². The maximum atomic E-state index is 5.71. The first-order valence-corrected chi connectivity index (χ1v) is 4.04. The summed E-state index contributed by atoms with van der Waals surface area (Å²) in [6.45, 7) is 3.82. The average Bonchev–Trinajstić information content (AvgIpc) is 2.08. The molecule has 0 saturated carbocycles. The number of benzene rings is 1. The highest BCUT2D eigenvalue weighted by Crippen LogP contribution is 2.10. The predicted octanol–water partition coefficient (Wildman–Crippen LogP) is -1.03. The minimum Gasteiger partial charge on any atom is -0.144 e. The van der Waals surface area contributed by atoms with Gasteiger partial charge in [-0.1, -0.05) is 11.0 Å². The topological polar surface area (TPSA) is 0 Å². The molecule has 54 valence electrons. The molecule has 0 saturated heterocycles. The fourth-order valence-electron chi connectivity index (χ4n) is 1.06. The molecule has 0 atom stereocenters. The van der Waals surface area contributed by atoms with Crippen molar-refractivity contribution >= 4 is 52.6 Å². The second kappa shape index (κ2) is 3.25. The molecule has 0 unspecified atom stereocenters. The van der Waals surface area contributed by atoms with E-state index in [1.807, 2.05) is 13.8 Å². The van der Waals surface area contributed by atoms with Gasteiger partial charge in [0.05, 0.1) is 0 Å². The summed E-state index contributed by atoms with van der Waals surface area (Å²) in [6.07, 6.45) is 0. The molecule has 1 aromatic rings. The third-order valence-electron chi connectivity index (χ3n) is 2.16. The summed E-state index contributed by atoms with van der Waals surface area (Å²) >= 11 is 4.24. The van der Waals surface area contributed by atoms with Crippen molar-refractivity contribution in [2.24, 2.45) is 0 Å². The van der Waals surface area contributed by atoms with Crippen LogP contribution in [0.2, 0.25) is 0 Å². The van der Waals surface area contributed by atoms with Crippen LogP contribution >= 0.6 is 12.6 Å². The molecule has 6 radical (unpaired) electrons. The Hall–Kier alpha value is -0.235. The van der Waals surface area contributed by atoms with Gasteiger partial charge in [0.2, 0.25) is 0 Å². The van der Waals surface area contributed by atoms with Gasteiger partial charge in [0.25, 0.3) is 0 Å². The van der Waals surface area contributed by atoms with Crippen LogP contribution in [0.15, 0.2) is 4.90 Å². The highest BCUT2D eigenvalue weighted by molar-refractivity contribution is 7.80. The van der Waals surface area contributed by atoms with Crippen molar-refractivity contribution in [3.05, 3.63) is 11.1 Å². The smallest absolute Gasteiger partial charge is 0.114 e. The minimum atomic E-state index is 0.433. The highest BCUT2D eigenvalue weighted by atomic mass is 32.1. The van der Waals surface area contributed by atoms with Crippen LogP contribution in [0.4, 0.5) is 0 Å². The molecule has 0 heterocycles. The van der Waals surface area contributed by atoms with Gasteiger partial charge in [-0.15, -0.1) is 23.6 Å². The summed E-state index contributed by atoms with van der Waals surface area (Å²) in [5.41, 5.74) is 3.40. The zero-order valence-corrected chi connectivity index (χ0v) is 8.07. The molecule has 0 N–H and O–H groups in total. The predicted molar refractivity (Wildman–Crippen MR) is 59.3 cm³/mol. The van der Waals surface area contributed by atoms with Crippen molar-refractivity contribution in [3.8, 4) is 0 Å². The molecule has 0 bridgehead atoms. The second-order valence-electron chi connectivity index (χ2n) is 2.84. The molecule has 0 nitrogen and oxygen atoms in total. The van der Waals surface area contributed by atoms with E-state index in [1.54, 1.807) is 0 Å². The molecule has 0 aliphatic rings. The van der Waals surface area contributed by atoms with Crippen LogP contribution in [-0.2, 0) is 0 Å². The van der Waals surface area contributed by atoms with E-state index >= 15 is 0 Å². The van der Waals surface area contributed by atoms with E-state index in [0.717, 1.165) is 16.0 Å². The Labute approximate surface area is 82.8 Å². The fraction of sp³-hybridized carbons (Fsp3) is 0.250. The second-order valence-corrected chi connectivity index (χ2v) is 3.29. The van der Waals surface area contributed by atoms with E-state index in [-0.39, 0.29) is 0 Å². The molecule has 0 spiro atoms. The van der Waals surface area contributed by atoms with Crippen LogP contribution in [0.5, 0.6) is 0 Å². The average molecular weight is 168 g/mol. The summed E-state index contributed by atoms with van der Waals surface area (Å²) < 4.78 is 0. The third-order valence-corrected chi connectivity index (χ3v) is 2.73. The summed E-state index contributed by atoms with van der Waals surface area (Å²) in [5.74, 6) is 0. The first kappa shape index (κ1) is 9.85. The van der Waals surface area contributed by atoms with Crippen molar-refractivity contribution < 1.29 is 0 Å². The molecule has 12 heavy (non-hydrogen) atoms. The van der Waals surface area contributed by atoms with Crippen LogP contribution in [0.1, 0.15) is 11.1 Å². The van der Waals surface area contributed by atoms with Crippen LogP contribution < -0.4 is 16.4 Å². The van der Waals surface area contributed by atoms with Gasteiger partial charge in [0, 0.05) is 0 Å². The molecular formula is C8H7B3S. The van der Waals surface area contributed by atoms with Gasteiger partial charge in [0.15, 0.2) is 0 Å². The maximum absolute atomic E-state index is 5.71. The van der Waals surface area contributed by atoms with Crippen LogP contribution in [0.25, 0.3) is 0 Å². The molecule has 0 aliphatic carbocycles. The van der Waals surface area contributed by atoms with E-state index < -0.39 is 0 Å². The number of hydrogen-bond acceptors (Lipinski definition) is 1. The van der Waals surface area contributed by atoms with Crippen molar-refractivity contribution in [1.82, 2.24) is 0 Å². The molecule has 0 aromatic heterocycles. The van der Waals surface area contributed by atoms with Crippen molar-refractivity contribution in [2.45, 2.75) is 18.7 Å². The number of rotatable bonds is 0. The van der Waals surface area contributed by atoms with Gasteiger partial charge < -0.3 is 0 Å². The van der Waals surface area contributed by atoms with E-state index in [0.29, 0.717) is 16.4 Å². The third kappa shape index (κ3) is 1.33. The van der Waals surface area contributed by atoms with Gasteiger partial charge >= 0.3 is 0 Å². The lowest BCUT2D eigenvalue weighted by atomic mass is 9.69. The van der Waals surface area contributed by atoms with Gasteiger partial charge in [-0.25, -0.2) is 0 Å². The number of hydrogen-bond donors (Lipinski definition) is 1. The zero-order chi connectivity index (χ0) is 9.46. The largest absolute Gasteiger partial charge is 0.144 e. The fourth-order valence-corrected chi connectivity index (χ4v) is 1.34. The standard InChI is InChI=1S/C8H7B3S/c1-3-4(2)8(12)7(11)6(10)5(3)9/h12H,1-2H3. The van der Waals surface area contributed by atoms with Crippen molar-refractivity contribution in [2.75, 3.05) is 0 Å². The normalized spacial score (nSPS) is 10.2. The van der Waals surface area contributed by atoms with Crippen molar-refractivity contribution in [1.29, 1.82) is 0 Å². The highest BCUT2D eigenvalue weighted by Gasteiger charge is 2.07. The van der Waals surface area contributed by atoms with Gasteiger partial charge in [-0.3, -0.25) is 0 Å². The Morgan fingerprint density at radius 3 is 1.83 bits per heavy atom. The maximum Gasteiger partial charge on any atom is 0.114 e. The van der Waals surface area contributed by atoms with E-state index in [1.165, 1.54) is 0 Å². The molecule has 4 heteroatoms. The van der Waals surface area contributed by atoms with E-state index in [4.69, 9.17) is 23.5 Å². The molecule has 1 rings (SSSR count). The quantitative estimate of drug-likeness (QED) is 0.371. The van der Waals surface area contributed by atoms with Gasteiger partial charge in [0.1, 0.15) is 23.5 Å². The lowest BCUT2D eigenvalue weighted by molar-refractivity contribution is 1.28. The summed E-state index contributed by atoms with van der Waals surface area (Å²) in [6, 6.07) is 0. The van der Waals surface area contributed by atoms with Crippen molar-refractivity contribution in [3.63, 3.8) is 0 Å². The van der Waals surface area contributed by atoms with E-state index in [2.05, 4.69) is 12.6 Å². The Balaban J connectivity index is 3.60. The summed E-state index contributed by atoms with van der Waals surface area (Å²) in [7, 11) is 17.0. The lowest BCUT2D eigenvalue weighted by Crippen LogP contribution is -2.42. The van der Waals surface area contributed by atoms with Gasteiger partial charge in [-0.2, -0.15) is 0 Å². The molecule has 0 aliphatic heterocycles. The molecule has 0 fully saturated rings. The first-order valence-electron chi connectivity index (χ1n) is 3.59. The molecule has 0 amide bonds. The molecular weight excluding hydrogens is 161 g/mol. The number of thiol groups is 1.